The number of hydrogen-bond donors (Lipinski definition) is 3. The van der Waals surface area contributed by atoms with Crippen molar-refractivity contribution >= 4 is 11.9 Å². The molecule has 1 atom stereocenters. The molecule has 0 radical (unpaired) electrons. The van der Waals surface area contributed by atoms with Crippen molar-refractivity contribution in [1.82, 2.24) is 16.0 Å². The fraction of sp³-hybridized carbons (Fsp3) is 0.333. The van der Waals surface area contributed by atoms with Crippen LogP contribution in [0.4, 0.5) is 18.0 Å². The number of benzene rings is 2. The summed E-state index contributed by atoms with van der Waals surface area (Å²) < 4.78 is 41.5. The molecule has 0 aliphatic rings. The average Bonchev–Trinajstić information content (AvgIpc) is 2.72. The number of urea groups is 1. The number of nitrogens with one attached hydrogen (secondary N) is 3. The molecular weight excluding hydrogens is 399 g/mol. The Bertz CT molecular complexity index is 814. The molecule has 0 heterocycles. The summed E-state index contributed by atoms with van der Waals surface area (Å²) >= 11 is 0. The van der Waals surface area contributed by atoms with Crippen LogP contribution in [0.1, 0.15) is 30.9 Å². The lowest BCUT2D eigenvalue weighted by Crippen LogP contribution is -2.49. The first-order valence-corrected chi connectivity index (χ1v) is 9.47. The summed E-state index contributed by atoms with van der Waals surface area (Å²) in [7, 11) is 0. The van der Waals surface area contributed by atoms with Crippen LogP contribution in [0.3, 0.4) is 0 Å². The Morgan fingerprint density at radius 3 is 2.07 bits per heavy atom. The lowest BCUT2D eigenvalue weighted by atomic mass is 10.1. The molecule has 9 heteroatoms. The predicted molar refractivity (Wildman–Crippen MR) is 105 cm³/mol. The third-order valence-corrected chi connectivity index (χ3v) is 4.18. The fourth-order valence-electron chi connectivity index (χ4n) is 2.65. The molecule has 0 fully saturated rings. The van der Waals surface area contributed by atoms with E-state index in [1.54, 1.807) is 24.3 Å². The van der Waals surface area contributed by atoms with Crippen molar-refractivity contribution in [2.45, 2.75) is 45.5 Å². The molecule has 0 aliphatic heterocycles. The zero-order chi connectivity index (χ0) is 21.9. The molecule has 6 nitrogen and oxygen atoms in total. The third kappa shape index (κ3) is 8.02. The second-order valence-electron chi connectivity index (χ2n) is 6.54. The summed E-state index contributed by atoms with van der Waals surface area (Å²) in [6, 6.07) is 10.4. The van der Waals surface area contributed by atoms with Crippen LogP contribution in [0.5, 0.6) is 5.75 Å². The summed E-state index contributed by atoms with van der Waals surface area (Å²) in [6.45, 7) is -0.641. The van der Waals surface area contributed by atoms with E-state index in [4.69, 9.17) is 0 Å². The van der Waals surface area contributed by atoms with Gasteiger partial charge in [-0.2, -0.15) is 8.78 Å². The van der Waals surface area contributed by atoms with Crippen LogP contribution in [-0.4, -0.2) is 24.6 Å². The Hall–Kier alpha value is -3.23. The minimum atomic E-state index is -2.90. The first-order valence-electron chi connectivity index (χ1n) is 9.47. The predicted octanol–water partition coefficient (Wildman–Crippen LogP) is 3.71. The molecule has 3 amide bonds. The second kappa shape index (κ2) is 11.7. The lowest BCUT2D eigenvalue weighted by molar-refractivity contribution is -0.123. The van der Waals surface area contributed by atoms with Gasteiger partial charge in [-0.3, -0.25) is 4.79 Å². The van der Waals surface area contributed by atoms with E-state index in [-0.39, 0.29) is 30.6 Å². The van der Waals surface area contributed by atoms with Crippen molar-refractivity contribution in [3.05, 3.63) is 65.5 Å². The molecule has 1 unspecified atom stereocenters. The SMILES string of the molecule is CCCC(NC(=O)NCc1ccc(F)cc1)C(=O)NCc1ccc(OC(F)F)cc1. The molecule has 2 aromatic carbocycles. The number of halogens is 3. The van der Waals surface area contributed by atoms with Gasteiger partial charge in [0.05, 0.1) is 0 Å². The molecule has 3 N–H and O–H groups in total. The Kier molecular flexibility index (Phi) is 8.99. The zero-order valence-electron chi connectivity index (χ0n) is 16.5. The lowest BCUT2D eigenvalue weighted by Gasteiger charge is -2.18. The van der Waals surface area contributed by atoms with E-state index in [2.05, 4.69) is 20.7 Å². The van der Waals surface area contributed by atoms with Crippen LogP contribution in [0, 0.1) is 5.82 Å². The van der Waals surface area contributed by atoms with Crippen LogP contribution >= 0.6 is 0 Å². The van der Waals surface area contributed by atoms with E-state index >= 15 is 0 Å². The highest BCUT2D eigenvalue weighted by molar-refractivity contribution is 5.86. The number of amides is 3. The van der Waals surface area contributed by atoms with Crippen LogP contribution < -0.4 is 20.7 Å². The highest BCUT2D eigenvalue weighted by atomic mass is 19.3. The third-order valence-electron chi connectivity index (χ3n) is 4.18. The van der Waals surface area contributed by atoms with E-state index in [1.807, 2.05) is 6.92 Å². The standard InChI is InChI=1S/C21H24F3N3O3/c1-2-3-18(27-21(29)26-13-14-4-8-16(22)9-5-14)19(28)25-12-15-6-10-17(11-7-15)30-20(23)24/h4-11,18,20H,2-3,12-13H2,1H3,(H,25,28)(H2,26,27,29). The zero-order valence-corrected chi connectivity index (χ0v) is 16.5. The first-order chi connectivity index (χ1) is 14.4. The summed E-state index contributed by atoms with van der Waals surface area (Å²) in [6.07, 6.45) is 1.12. The average molecular weight is 423 g/mol. The van der Waals surface area contributed by atoms with Gasteiger partial charge < -0.3 is 20.7 Å². The molecular formula is C21H24F3N3O3. The number of carbonyl (C=O) groups is 2. The van der Waals surface area contributed by atoms with E-state index < -0.39 is 18.7 Å². The first kappa shape index (κ1) is 23.1. The van der Waals surface area contributed by atoms with Gasteiger partial charge in [0.25, 0.3) is 0 Å². The Labute approximate surface area is 172 Å². The minimum Gasteiger partial charge on any atom is -0.435 e. The van der Waals surface area contributed by atoms with Gasteiger partial charge in [0.1, 0.15) is 17.6 Å². The molecule has 2 aromatic rings. The van der Waals surface area contributed by atoms with Crippen LogP contribution in [-0.2, 0) is 17.9 Å². The molecule has 30 heavy (non-hydrogen) atoms. The Morgan fingerprint density at radius 1 is 0.933 bits per heavy atom. The van der Waals surface area contributed by atoms with Crippen LogP contribution in [0.25, 0.3) is 0 Å². The maximum Gasteiger partial charge on any atom is 0.387 e. The van der Waals surface area contributed by atoms with E-state index in [0.717, 1.165) is 5.56 Å². The molecule has 0 aliphatic carbocycles. The molecule has 162 valence electrons. The van der Waals surface area contributed by atoms with E-state index in [1.165, 1.54) is 24.3 Å². The van der Waals surface area contributed by atoms with Crippen molar-refractivity contribution in [3.63, 3.8) is 0 Å². The largest absolute Gasteiger partial charge is 0.435 e. The molecule has 0 saturated heterocycles. The maximum atomic E-state index is 12.9. The molecule has 0 bridgehead atoms. The monoisotopic (exact) mass is 423 g/mol. The Morgan fingerprint density at radius 2 is 1.50 bits per heavy atom. The van der Waals surface area contributed by atoms with Crippen molar-refractivity contribution in [2.75, 3.05) is 0 Å². The molecule has 0 spiro atoms. The molecule has 0 aromatic heterocycles. The van der Waals surface area contributed by atoms with Crippen LogP contribution in [0.2, 0.25) is 0 Å². The number of alkyl halides is 2. The van der Waals surface area contributed by atoms with Crippen LogP contribution in [0.15, 0.2) is 48.5 Å². The van der Waals surface area contributed by atoms with Gasteiger partial charge in [0, 0.05) is 13.1 Å². The Balaban J connectivity index is 1.82. The molecule has 2 rings (SSSR count). The van der Waals surface area contributed by atoms with Crippen molar-refractivity contribution in [1.29, 1.82) is 0 Å². The van der Waals surface area contributed by atoms with Gasteiger partial charge in [0.2, 0.25) is 5.91 Å². The number of ether oxygens (including phenoxy) is 1. The number of hydrogen-bond acceptors (Lipinski definition) is 3. The van der Waals surface area contributed by atoms with Gasteiger partial charge >= 0.3 is 12.6 Å². The van der Waals surface area contributed by atoms with Gasteiger partial charge in [-0.15, -0.1) is 0 Å². The molecule has 0 saturated carbocycles. The van der Waals surface area contributed by atoms with Gasteiger partial charge in [-0.05, 0) is 41.8 Å². The summed E-state index contributed by atoms with van der Waals surface area (Å²) in [5, 5.41) is 7.97. The summed E-state index contributed by atoms with van der Waals surface area (Å²) in [5.41, 5.74) is 1.42. The maximum absolute atomic E-state index is 12.9. The van der Waals surface area contributed by atoms with Crippen molar-refractivity contribution < 1.29 is 27.5 Å². The smallest absolute Gasteiger partial charge is 0.387 e. The van der Waals surface area contributed by atoms with Crippen molar-refractivity contribution in [3.8, 4) is 5.75 Å². The van der Waals surface area contributed by atoms with Gasteiger partial charge in [0.15, 0.2) is 0 Å². The topological polar surface area (TPSA) is 79.5 Å². The summed E-state index contributed by atoms with van der Waals surface area (Å²) in [4.78, 5) is 24.6. The minimum absolute atomic E-state index is 0.0310. The highest BCUT2D eigenvalue weighted by Crippen LogP contribution is 2.14. The summed E-state index contributed by atoms with van der Waals surface area (Å²) in [5.74, 6) is -0.691. The quantitative estimate of drug-likeness (QED) is 0.545. The number of carbonyl (C=O) groups excluding carboxylic acids is 2. The second-order valence-corrected chi connectivity index (χ2v) is 6.54. The van der Waals surface area contributed by atoms with E-state index in [9.17, 15) is 22.8 Å². The van der Waals surface area contributed by atoms with Crippen molar-refractivity contribution in [2.24, 2.45) is 0 Å². The fourth-order valence-corrected chi connectivity index (χ4v) is 2.65. The highest BCUT2D eigenvalue weighted by Gasteiger charge is 2.19. The van der Waals surface area contributed by atoms with Gasteiger partial charge in [-0.1, -0.05) is 37.6 Å². The van der Waals surface area contributed by atoms with Gasteiger partial charge in [-0.25, -0.2) is 9.18 Å². The number of rotatable bonds is 10. The normalized spacial score (nSPS) is 11.6. The van der Waals surface area contributed by atoms with E-state index in [0.29, 0.717) is 18.4 Å².